The van der Waals surface area contributed by atoms with Crippen LogP contribution in [0.3, 0.4) is 0 Å². The molecule has 0 unspecified atom stereocenters. The number of imidazole rings is 1. The maximum Gasteiger partial charge on any atom is 0.213 e. The van der Waals surface area contributed by atoms with Crippen LogP contribution < -0.4 is 15.2 Å². The van der Waals surface area contributed by atoms with Gasteiger partial charge in [-0.2, -0.15) is 0 Å². The zero-order valence-electron chi connectivity index (χ0n) is 19.0. The van der Waals surface area contributed by atoms with Gasteiger partial charge in [0.2, 0.25) is 5.88 Å². The lowest BCUT2D eigenvalue weighted by Gasteiger charge is -2.18. The van der Waals surface area contributed by atoms with Gasteiger partial charge >= 0.3 is 0 Å². The lowest BCUT2D eigenvalue weighted by molar-refractivity contribution is 0.235. The van der Waals surface area contributed by atoms with Crippen LogP contribution in [0.1, 0.15) is 30.7 Å². The van der Waals surface area contributed by atoms with Gasteiger partial charge in [0.05, 0.1) is 17.0 Å². The van der Waals surface area contributed by atoms with Crippen LogP contribution in [0, 0.1) is 25.5 Å². The second kappa shape index (κ2) is 8.78. The summed E-state index contributed by atoms with van der Waals surface area (Å²) in [6.45, 7) is 7.63. The Bertz CT molecular complexity index is 1290. The van der Waals surface area contributed by atoms with E-state index in [1.165, 1.54) is 18.2 Å². The quantitative estimate of drug-likeness (QED) is 0.428. The second-order valence-corrected chi connectivity index (χ2v) is 8.77. The molecule has 33 heavy (non-hydrogen) atoms. The number of aryl methyl sites for hydroxylation is 2. The molecule has 0 atom stereocenters. The van der Waals surface area contributed by atoms with Crippen LogP contribution >= 0.6 is 0 Å². The number of nitrogens with two attached hydrogens (primary N) is 1. The second-order valence-electron chi connectivity index (χ2n) is 8.77. The Morgan fingerprint density at radius 2 is 1.79 bits per heavy atom. The summed E-state index contributed by atoms with van der Waals surface area (Å²) in [4.78, 5) is 8.95. The number of aromatic nitrogens is 3. The van der Waals surface area contributed by atoms with Gasteiger partial charge in [-0.3, -0.25) is 4.40 Å². The van der Waals surface area contributed by atoms with E-state index in [4.69, 9.17) is 15.2 Å². The Balaban J connectivity index is 1.71. The highest BCUT2D eigenvalue weighted by molar-refractivity contribution is 5.71. The van der Waals surface area contributed by atoms with Gasteiger partial charge in [-0.1, -0.05) is 6.07 Å². The third-order valence-electron chi connectivity index (χ3n) is 5.03. The molecule has 172 valence electrons. The number of ether oxygens (including phenoxy) is 2. The molecule has 4 rings (SSSR count). The van der Waals surface area contributed by atoms with Crippen molar-refractivity contribution in [1.82, 2.24) is 14.4 Å². The van der Waals surface area contributed by atoms with Crippen molar-refractivity contribution in [2.45, 2.75) is 39.8 Å². The maximum atomic E-state index is 14.0. The highest BCUT2D eigenvalue weighted by Crippen LogP contribution is 2.32. The molecule has 0 aliphatic carbocycles. The van der Waals surface area contributed by atoms with Gasteiger partial charge in [0.25, 0.3) is 0 Å². The first-order valence-electron chi connectivity index (χ1n) is 10.6. The average Bonchev–Trinajstić information content (AvgIpc) is 3.07. The largest absolute Gasteiger partial charge is 0.485 e. The number of benzene rings is 1. The molecule has 1 aromatic carbocycles. The van der Waals surface area contributed by atoms with Crippen molar-refractivity contribution in [1.29, 1.82) is 0 Å². The van der Waals surface area contributed by atoms with Crippen molar-refractivity contribution in [3.63, 3.8) is 0 Å². The summed E-state index contributed by atoms with van der Waals surface area (Å²) in [5, 5.41) is 0. The van der Waals surface area contributed by atoms with E-state index in [0.717, 1.165) is 22.5 Å². The molecule has 8 heteroatoms. The Morgan fingerprint density at radius 1 is 1.06 bits per heavy atom. The molecule has 0 spiro atoms. The molecular formula is C25H26F2N4O2. The van der Waals surface area contributed by atoms with Gasteiger partial charge in [0, 0.05) is 29.6 Å². The third-order valence-corrected chi connectivity index (χ3v) is 5.03. The minimum Gasteiger partial charge on any atom is -0.485 e. The average molecular weight is 453 g/mol. The number of halogens is 2. The van der Waals surface area contributed by atoms with Crippen molar-refractivity contribution >= 4 is 5.65 Å². The van der Waals surface area contributed by atoms with Crippen LogP contribution in [0.5, 0.6) is 11.6 Å². The van der Waals surface area contributed by atoms with E-state index in [0.29, 0.717) is 23.9 Å². The zero-order chi connectivity index (χ0) is 23.8. The van der Waals surface area contributed by atoms with Gasteiger partial charge in [0.15, 0.2) is 11.4 Å². The zero-order valence-corrected chi connectivity index (χ0v) is 19.0. The summed E-state index contributed by atoms with van der Waals surface area (Å²) >= 11 is 0. The highest BCUT2D eigenvalue weighted by atomic mass is 19.1. The number of pyridine rings is 2. The maximum absolute atomic E-state index is 14.0. The normalized spacial score (nSPS) is 11.7. The molecule has 6 nitrogen and oxygen atoms in total. The number of hydrogen-bond donors (Lipinski definition) is 1. The summed E-state index contributed by atoms with van der Waals surface area (Å²) in [6, 6.07) is 9.24. The first-order valence-corrected chi connectivity index (χ1v) is 10.6. The Labute approximate surface area is 191 Å². The first-order chi connectivity index (χ1) is 15.6. The van der Waals surface area contributed by atoms with Gasteiger partial charge < -0.3 is 15.2 Å². The molecule has 3 aromatic heterocycles. The fourth-order valence-corrected chi connectivity index (χ4v) is 3.53. The molecule has 0 saturated heterocycles. The van der Waals surface area contributed by atoms with E-state index in [2.05, 4.69) is 9.97 Å². The lowest BCUT2D eigenvalue weighted by atomic mass is 10.1. The number of rotatable bonds is 7. The molecule has 3 heterocycles. The molecule has 0 aliphatic rings. The van der Waals surface area contributed by atoms with E-state index in [1.54, 1.807) is 12.3 Å². The Hall–Kier alpha value is -3.52. The minimum absolute atomic E-state index is 0.126. The number of nitrogens with zero attached hydrogens (tertiary/aromatic N) is 3. The lowest BCUT2D eigenvalue weighted by Crippen LogP contribution is -2.38. The summed E-state index contributed by atoms with van der Waals surface area (Å²) in [5.41, 5.74) is 9.31. The van der Waals surface area contributed by atoms with Gasteiger partial charge in [0.1, 0.15) is 24.8 Å². The van der Waals surface area contributed by atoms with Crippen LogP contribution in [0.4, 0.5) is 8.78 Å². The Morgan fingerprint density at radius 3 is 2.48 bits per heavy atom. The monoisotopic (exact) mass is 452 g/mol. The van der Waals surface area contributed by atoms with E-state index in [9.17, 15) is 8.78 Å². The van der Waals surface area contributed by atoms with Gasteiger partial charge in [-0.15, -0.1) is 0 Å². The molecule has 0 radical (unpaired) electrons. The Kier molecular flexibility index (Phi) is 6.03. The molecule has 0 aliphatic heterocycles. The van der Waals surface area contributed by atoms with Crippen molar-refractivity contribution < 1.29 is 18.3 Å². The van der Waals surface area contributed by atoms with Crippen LogP contribution in [-0.2, 0) is 6.61 Å². The van der Waals surface area contributed by atoms with E-state index in [1.807, 2.05) is 50.4 Å². The van der Waals surface area contributed by atoms with Gasteiger partial charge in [-0.25, -0.2) is 18.7 Å². The number of fused-ring (bicyclic) bond motifs is 1. The van der Waals surface area contributed by atoms with Crippen LogP contribution in [0.15, 0.2) is 48.8 Å². The fraction of sp³-hybridized carbons (Fsp3) is 0.280. The van der Waals surface area contributed by atoms with Crippen LogP contribution in [0.25, 0.3) is 16.9 Å². The molecule has 0 saturated carbocycles. The molecule has 0 bridgehead atoms. The predicted octanol–water partition coefficient (Wildman–Crippen LogP) is 4.99. The standard InChI is InChI=1S/C25H26F2N4O2/c1-15-10-21(32-13-18-19(26)6-5-7-20(18)27)24-30-16(2)23(31(24)12-15)17-8-9-29-22(11-17)33-14-25(3,4)28/h5-12H,13-14,28H2,1-4H3. The number of hydrogen-bond acceptors (Lipinski definition) is 5. The summed E-state index contributed by atoms with van der Waals surface area (Å²) in [6.07, 6.45) is 3.60. The van der Waals surface area contributed by atoms with Crippen molar-refractivity contribution in [2.75, 3.05) is 6.61 Å². The molecule has 0 fully saturated rings. The van der Waals surface area contributed by atoms with Crippen LogP contribution in [0.2, 0.25) is 0 Å². The molecule has 2 N–H and O–H groups in total. The SMILES string of the molecule is Cc1cc(OCc2c(F)cccc2F)c2nc(C)c(-c3ccnc(OCC(C)(C)N)c3)n2c1. The summed E-state index contributed by atoms with van der Waals surface area (Å²) in [7, 11) is 0. The van der Waals surface area contributed by atoms with Crippen LogP contribution in [-0.4, -0.2) is 26.5 Å². The van der Waals surface area contributed by atoms with E-state index < -0.39 is 17.2 Å². The highest BCUT2D eigenvalue weighted by Gasteiger charge is 2.18. The van der Waals surface area contributed by atoms with Crippen molar-refractivity contribution in [2.24, 2.45) is 5.73 Å². The molecular weight excluding hydrogens is 426 g/mol. The van der Waals surface area contributed by atoms with E-state index >= 15 is 0 Å². The topological polar surface area (TPSA) is 74.7 Å². The minimum atomic E-state index is -0.649. The summed E-state index contributed by atoms with van der Waals surface area (Å²) in [5.74, 6) is -0.408. The third kappa shape index (κ3) is 4.96. The smallest absolute Gasteiger partial charge is 0.213 e. The first kappa shape index (κ1) is 22.7. The predicted molar refractivity (Wildman–Crippen MR) is 122 cm³/mol. The van der Waals surface area contributed by atoms with Crippen molar-refractivity contribution in [3.8, 4) is 22.9 Å². The van der Waals surface area contributed by atoms with Crippen molar-refractivity contribution in [3.05, 3.63) is 77.2 Å². The molecule has 4 aromatic rings. The summed E-state index contributed by atoms with van der Waals surface area (Å²) < 4.78 is 41.6. The van der Waals surface area contributed by atoms with E-state index in [-0.39, 0.29) is 12.2 Å². The fourth-order valence-electron chi connectivity index (χ4n) is 3.53. The van der Waals surface area contributed by atoms with Gasteiger partial charge in [-0.05, 0) is 57.5 Å². The molecule has 0 amide bonds.